The van der Waals surface area contributed by atoms with E-state index in [9.17, 15) is 18.0 Å². The second kappa shape index (κ2) is 6.73. The molecular weight excluding hydrogens is 389 g/mol. The van der Waals surface area contributed by atoms with Gasteiger partial charge in [0.2, 0.25) is 0 Å². The van der Waals surface area contributed by atoms with E-state index in [2.05, 4.69) is 15.3 Å². The lowest BCUT2D eigenvalue weighted by Gasteiger charge is -2.11. The van der Waals surface area contributed by atoms with E-state index in [0.717, 1.165) is 24.6 Å². The number of aromatic nitrogens is 3. The number of nitrogens with zero attached hydrogens (tertiary/aromatic N) is 3. The highest BCUT2D eigenvalue weighted by Gasteiger charge is 2.47. The van der Waals surface area contributed by atoms with Gasteiger partial charge in [0.1, 0.15) is 28.5 Å². The first-order chi connectivity index (χ1) is 13.8. The number of rotatable bonds is 5. The number of anilines is 1. The Balaban J connectivity index is 1.66. The van der Waals surface area contributed by atoms with E-state index >= 15 is 0 Å². The number of pyridine rings is 2. The third-order valence-corrected chi connectivity index (χ3v) is 4.86. The summed E-state index contributed by atoms with van der Waals surface area (Å²) in [5, 5.41) is 2.38. The predicted octanol–water partition coefficient (Wildman–Crippen LogP) is 3.64. The average molecular weight is 406 g/mol. The summed E-state index contributed by atoms with van der Waals surface area (Å²) in [7, 11) is 3.02. The van der Waals surface area contributed by atoms with Crippen LogP contribution in [0.4, 0.5) is 19.0 Å². The number of hydrogen-bond acceptors (Lipinski definition) is 5. The lowest BCUT2D eigenvalue weighted by molar-refractivity contribution is -0.141. The molecule has 3 heterocycles. The number of nitrogens with one attached hydrogen (secondary N) is 1. The van der Waals surface area contributed by atoms with Crippen molar-refractivity contribution in [3.8, 4) is 5.75 Å². The quantitative estimate of drug-likeness (QED) is 0.700. The van der Waals surface area contributed by atoms with E-state index in [4.69, 9.17) is 9.47 Å². The average Bonchev–Trinajstić information content (AvgIpc) is 3.38. The van der Waals surface area contributed by atoms with Gasteiger partial charge in [-0.3, -0.25) is 4.79 Å². The van der Waals surface area contributed by atoms with Crippen molar-refractivity contribution in [2.45, 2.75) is 24.6 Å². The molecule has 152 valence electrons. The highest BCUT2D eigenvalue weighted by Crippen LogP contribution is 2.48. The number of carbonyl (C=O) groups excluding carboxylic acids is 1. The Morgan fingerprint density at radius 1 is 1.21 bits per heavy atom. The lowest BCUT2D eigenvalue weighted by atomic mass is 10.2. The molecule has 0 atom stereocenters. The second-order valence-electron chi connectivity index (χ2n) is 6.71. The molecule has 0 aromatic carbocycles. The van der Waals surface area contributed by atoms with Crippen LogP contribution in [0.2, 0.25) is 0 Å². The highest BCUT2D eigenvalue weighted by atomic mass is 19.4. The van der Waals surface area contributed by atoms with Gasteiger partial charge in [-0.1, -0.05) is 6.07 Å². The number of halogens is 3. The summed E-state index contributed by atoms with van der Waals surface area (Å²) in [6.45, 7) is 0. The molecule has 0 radical (unpaired) electrons. The van der Waals surface area contributed by atoms with E-state index in [-0.39, 0.29) is 17.1 Å². The zero-order valence-electron chi connectivity index (χ0n) is 15.6. The van der Waals surface area contributed by atoms with Crippen molar-refractivity contribution >= 4 is 17.4 Å². The van der Waals surface area contributed by atoms with E-state index in [1.54, 1.807) is 23.8 Å². The fraction of sp³-hybridized carbons (Fsp3) is 0.316. The molecule has 3 aromatic rings. The molecule has 7 nitrogen and oxygen atoms in total. The molecule has 1 fully saturated rings. The molecule has 0 aliphatic heterocycles. The van der Waals surface area contributed by atoms with Gasteiger partial charge in [0.05, 0.1) is 18.4 Å². The Bertz CT molecular complexity index is 1090. The molecule has 1 N–H and O–H groups in total. The molecule has 0 bridgehead atoms. The number of carbonyl (C=O) groups is 1. The number of imidazole rings is 1. The zero-order chi connectivity index (χ0) is 20.8. The third-order valence-electron chi connectivity index (χ3n) is 4.86. The fourth-order valence-corrected chi connectivity index (χ4v) is 3.10. The van der Waals surface area contributed by atoms with Crippen molar-refractivity contribution in [1.29, 1.82) is 0 Å². The number of ether oxygens (including phenoxy) is 2. The van der Waals surface area contributed by atoms with Crippen molar-refractivity contribution in [1.82, 2.24) is 14.4 Å². The first-order valence-electron chi connectivity index (χ1n) is 8.74. The molecule has 0 saturated heterocycles. The van der Waals surface area contributed by atoms with Crippen LogP contribution in [0.5, 0.6) is 5.75 Å². The summed E-state index contributed by atoms with van der Waals surface area (Å²) >= 11 is 0. The van der Waals surface area contributed by atoms with Gasteiger partial charge in [-0.05, 0) is 25.0 Å². The summed E-state index contributed by atoms with van der Waals surface area (Å²) in [5.41, 5.74) is -0.0475. The zero-order valence-corrected chi connectivity index (χ0v) is 15.6. The van der Waals surface area contributed by atoms with Gasteiger partial charge in [-0.2, -0.15) is 13.2 Å². The Morgan fingerprint density at radius 3 is 2.59 bits per heavy atom. The van der Waals surface area contributed by atoms with Crippen molar-refractivity contribution in [3.05, 3.63) is 53.6 Å². The minimum absolute atomic E-state index is 0.130. The molecule has 4 rings (SSSR count). The molecule has 1 aliphatic carbocycles. The second-order valence-corrected chi connectivity index (χ2v) is 6.71. The summed E-state index contributed by atoms with van der Waals surface area (Å²) in [6.07, 6.45) is 0.396. The smallest absolute Gasteiger partial charge is 0.433 e. The minimum atomic E-state index is -4.61. The molecule has 29 heavy (non-hydrogen) atoms. The van der Waals surface area contributed by atoms with Crippen LogP contribution in [-0.2, 0) is 16.5 Å². The summed E-state index contributed by atoms with van der Waals surface area (Å²) in [4.78, 5) is 20.7. The van der Waals surface area contributed by atoms with Crippen LogP contribution in [0.25, 0.3) is 5.65 Å². The molecule has 3 aromatic heterocycles. The Labute approximate surface area is 163 Å². The van der Waals surface area contributed by atoms with Gasteiger partial charge in [-0.25, -0.2) is 9.97 Å². The van der Waals surface area contributed by atoms with E-state index in [1.807, 2.05) is 0 Å². The number of amides is 1. The van der Waals surface area contributed by atoms with Crippen molar-refractivity contribution < 1.29 is 27.4 Å². The molecule has 0 unspecified atom stereocenters. The van der Waals surface area contributed by atoms with Gasteiger partial charge in [0.15, 0.2) is 0 Å². The van der Waals surface area contributed by atoms with Crippen LogP contribution in [0.1, 0.15) is 34.6 Å². The van der Waals surface area contributed by atoms with Crippen molar-refractivity contribution in [2.24, 2.45) is 0 Å². The van der Waals surface area contributed by atoms with E-state index in [1.165, 1.54) is 25.4 Å². The van der Waals surface area contributed by atoms with Crippen LogP contribution in [0.3, 0.4) is 0 Å². The van der Waals surface area contributed by atoms with Crippen molar-refractivity contribution in [3.63, 3.8) is 0 Å². The molecule has 0 spiro atoms. The SMILES string of the molecule is COc1cc2nc(C3(OC)CC3)cn2cc1C(=O)Nc1cccc(C(F)(F)F)n1. The molecule has 10 heteroatoms. The van der Waals surface area contributed by atoms with E-state index in [0.29, 0.717) is 5.65 Å². The maximum Gasteiger partial charge on any atom is 0.433 e. The number of alkyl halides is 3. The highest BCUT2D eigenvalue weighted by molar-refractivity contribution is 6.05. The van der Waals surface area contributed by atoms with Gasteiger partial charge >= 0.3 is 6.18 Å². The summed E-state index contributed by atoms with van der Waals surface area (Å²) in [6, 6.07) is 4.87. The normalized spacial score (nSPS) is 15.3. The standard InChI is InChI=1S/C19H17F3N4O3/c1-28-12-8-16-24-14(18(29-2)6-7-18)10-26(16)9-11(12)17(27)25-15-5-3-4-13(23-15)19(20,21)22/h3-5,8-10H,6-7H2,1-2H3,(H,23,25,27). The van der Waals surface area contributed by atoms with Crippen LogP contribution in [0.15, 0.2) is 36.7 Å². The maximum atomic E-state index is 12.8. The number of methoxy groups -OCH3 is 2. The number of hydrogen-bond donors (Lipinski definition) is 1. The van der Waals surface area contributed by atoms with Crippen LogP contribution < -0.4 is 10.1 Å². The lowest BCUT2D eigenvalue weighted by Crippen LogP contribution is -2.16. The van der Waals surface area contributed by atoms with Gasteiger partial charge in [0, 0.05) is 25.6 Å². The molecular formula is C19H17F3N4O3. The Morgan fingerprint density at radius 2 is 1.97 bits per heavy atom. The Kier molecular flexibility index (Phi) is 4.45. The van der Waals surface area contributed by atoms with Gasteiger partial charge < -0.3 is 19.2 Å². The molecule has 1 saturated carbocycles. The molecule has 1 aliphatic rings. The Hall–Kier alpha value is -3.14. The van der Waals surface area contributed by atoms with E-state index < -0.39 is 23.4 Å². The summed E-state index contributed by atoms with van der Waals surface area (Å²) < 4.78 is 51.0. The van der Waals surface area contributed by atoms with Crippen LogP contribution in [-0.4, -0.2) is 34.5 Å². The number of fused-ring (bicyclic) bond motifs is 1. The van der Waals surface area contributed by atoms with Gasteiger partial charge in [0.25, 0.3) is 5.91 Å². The largest absolute Gasteiger partial charge is 0.496 e. The minimum Gasteiger partial charge on any atom is -0.496 e. The maximum absolute atomic E-state index is 12.8. The first kappa shape index (κ1) is 19.2. The molecule has 1 amide bonds. The van der Waals surface area contributed by atoms with Crippen LogP contribution in [0, 0.1) is 0 Å². The van der Waals surface area contributed by atoms with Gasteiger partial charge in [-0.15, -0.1) is 0 Å². The van der Waals surface area contributed by atoms with Crippen LogP contribution >= 0.6 is 0 Å². The topological polar surface area (TPSA) is 77.8 Å². The monoisotopic (exact) mass is 406 g/mol. The van der Waals surface area contributed by atoms with Crippen molar-refractivity contribution in [2.75, 3.05) is 19.5 Å². The fourth-order valence-electron chi connectivity index (χ4n) is 3.10. The summed E-state index contributed by atoms with van der Waals surface area (Å²) in [5.74, 6) is -0.630. The first-order valence-corrected chi connectivity index (χ1v) is 8.74. The third kappa shape index (κ3) is 3.51. The predicted molar refractivity (Wildman–Crippen MR) is 96.9 cm³/mol.